The highest BCUT2D eigenvalue weighted by Crippen LogP contribution is 2.21. The van der Waals surface area contributed by atoms with Crippen molar-refractivity contribution in [3.63, 3.8) is 0 Å². The minimum absolute atomic E-state index is 0.0472. The average molecular weight is 430 g/mol. The fourth-order valence-electron chi connectivity index (χ4n) is 3.42. The molecular weight excluding hydrogens is 402 g/mol. The third kappa shape index (κ3) is 5.67. The molecule has 1 aliphatic rings. The summed E-state index contributed by atoms with van der Waals surface area (Å²) in [6.45, 7) is 2.54. The molecule has 0 heterocycles. The number of hydrogen-bond acceptors (Lipinski definition) is 4. The molecule has 0 aliphatic heterocycles. The highest BCUT2D eigenvalue weighted by molar-refractivity contribution is 7.89. The highest BCUT2D eigenvalue weighted by Gasteiger charge is 2.23. The maximum absolute atomic E-state index is 12.7. The molecule has 1 saturated carbocycles. The van der Waals surface area contributed by atoms with Crippen molar-refractivity contribution in [2.45, 2.75) is 50.0 Å². The molecule has 160 valence electrons. The van der Waals surface area contributed by atoms with Gasteiger partial charge >= 0.3 is 0 Å². The standard InChI is InChI=1S/C22H27N3O4S/c1-2-13-23-21(26)16-7-5-11-19(14-16)24-22(27)17-8-6-12-20(15-17)30(28,29)25-18-9-3-4-10-18/h5-8,11-12,14-15,18,25H,2-4,9-10,13H2,1H3,(H,23,26)(H,24,27). The van der Waals surface area contributed by atoms with Crippen molar-refractivity contribution in [3.05, 3.63) is 59.7 Å². The van der Waals surface area contributed by atoms with Gasteiger partial charge in [0.25, 0.3) is 11.8 Å². The smallest absolute Gasteiger partial charge is 0.255 e. The topological polar surface area (TPSA) is 104 Å². The van der Waals surface area contributed by atoms with E-state index in [-0.39, 0.29) is 22.4 Å². The normalized spacial score (nSPS) is 14.4. The zero-order valence-electron chi connectivity index (χ0n) is 17.0. The number of amides is 2. The lowest BCUT2D eigenvalue weighted by molar-refractivity contribution is 0.0952. The van der Waals surface area contributed by atoms with Crippen molar-refractivity contribution in [3.8, 4) is 0 Å². The third-order valence-corrected chi connectivity index (χ3v) is 6.52. The van der Waals surface area contributed by atoms with Crippen LogP contribution in [0.25, 0.3) is 0 Å². The molecular formula is C22H27N3O4S. The summed E-state index contributed by atoms with van der Waals surface area (Å²) in [5.74, 6) is -0.655. The minimum atomic E-state index is -3.68. The first kappa shape index (κ1) is 22.0. The number of carbonyl (C=O) groups is 2. The molecule has 0 atom stereocenters. The number of nitrogens with one attached hydrogen (secondary N) is 3. The molecule has 0 unspecified atom stereocenters. The van der Waals surface area contributed by atoms with E-state index in [0.717, 1.165) is 32.1 Å². The highest BCUT2D eigenvalue weighted by atomic mass is 32.2. The quantitative estimate of drug-likeness (QED) is 0.599. The van der Waals surface area contributed by atoms with Crippen LogP contribution in [0.1, 0.15) is 59.7 Å². The lowest BCUT2D eigenvalue weighted by Gasteiger charge is -2.13. The summed E-state index contributed by atoms with van der Waals surface area (Å²) in [4.78, 5) is 24.8. The van der Waals surface area contributed by atoms with Gasteiger partial charge < -0.3 is 10.6 Å². The molecule has 0 radical (unpaired) electrons. The Labute approximate surface area is 177 Å². The van der Waals surface area contributed by atoms with Crippen molar-refractivity contribution in [2.75, 3.05) is 11.9 Å². The third-order valence-electron chi connectivity index (χ3n) is 5.00. The Kier molecular flexibility index (Phi) is 7.23. The summed E-state index contributed by atoms with van der Waals surface area (Å²) in [6, 6.07) is 12.5. The lowest BCUT2D eigenvalue weighted by Crippen LogP contribution is -2.32. The van der Waals surface area contributed by atoms with Crippen molar-refractivity contribution in [1.29, 1.82) is 0 Å². The van der Waals surface area contributed by atoms with E-state index in [2.05, 4.69) is 15.4 Å². The first-order valence-electron chi connectivity index (χ1n) is 10.2. The van der Waals surface area contributed by atoms with Gasteiger partial charge in [0, 0.05) is 29.4 Å². The van der Waals surface area contributed by atoms with E-state index in [1.807, 2.05) is 6.92 Å². The van der Waals surface area contributed by atoms with E-state index in [9.17, 15) is 18.0 Å². The molecule has 7 nitrogen and oxygen atoms in total. The van der Waals surface area contributed by atoms with E-state index in [0.29, 0.717) is 17.8 Å². The maximum atomic E-state index is 12.7. The Bertz CT molecular complexity index is 1010. The SMILES string of the molecule is CCCNC(=O)c1cccc(NC(=O)c2cccc(S(=O)(=O)NC3CCCC3)c2)c1. The summed E-state index contributed by atoms with van der Waals surface area (Å²) in [6.07, 6.45) is 4.54. The Morgan fingerprint density at radius 2 is 1.63 bits per heavy atom. The molecule has 2 aromatic carbocycles. The van der Waals surface area contributed by atoms with Crippen molar-refractivity contribution in [2.24, 2.45) is 0 Å². The van der Waals surface area contributed by atoms with Crippen LogP contribution >= 0.6 is 0 Å². The van der Waals surface area contributed by atoms with Crippen LogP contribution in [-0.2, 0) is 10.0 Å². The van der Waals surface area contributed by atoms with Gasteiger partial charge in [-0.15, -0.1) is 0 Å². The minimum Gasteiger partial charge on any atom is -0.352 e. The monoisotopic (exact) mass is 429 g/mol. The fourth-order valence-corrected chi connectivity index (χ4v) is 4.77. The van der Waals surface area contributed by atoms with Gasteiger partial charge in [0.2, 0.25) is 10.0 Å². The second-order valence-electron chi connectivity index (χ2n) is 7.42. The molecule has 3 N–H and O–H groups in total. The lowest BCUT2D eigenvalue weighted by atomic mass is 10.1. The van der Waals surface area contributed by atoms with E-state index >= 15 is 0 Å². The van der Waals surface area contributed by atoms with Crippen LogP contribution in [0.5, 0.6) is 0 Å². The summed E-state index contributed by atoms with van der Waals surface area (Å²) < 4.78 is 28.0. The number of carbonyl (C=O) groups excluding carboxylic acids is 2. The molecule has 0 spiro atoms. The predicted molar refractivity (Wildman–Crippen MR) is 116 cm³/mol. The van der Waals surface area contributed by atoms with Crippen LogP contribution in [0.2, 0.25) is 0 Å². The number of benzene rings is 2. The van der Waals surface area contributed by atoms with Crippen LogP contribution < -0.4 is 15.4 Å². The maximum Gasteiger partial charge on any atom is 0.255 e. The van der Waals surface area contributed by atoms with Gasteiger partial charge in [0.05, 0.1) is 4.90 Å². The molecule has 30 heavy (non-hydrogen) atoms. The van der Waals surface area contributed by atoms with Gasteiger partial charge in [-0.25, -0.2) is 13.1 Å². The summed E-state index contributed by atoms with van der Waals surface area (Å²) in [7, 11) is -3.68. The van der Waals surface area contributed by atoms with E-state index < -0.39 is 15.9 Å². The second kappa shape index (κ2) is 9.86. The zero-order valence-corrected chi connectivity index (χ0v) is 17.8. The molecule has 0 saturated heterocycles. The molecule has 0 bridgehead atoms. The first-order chi connectivity index (χ1) is 14.4. The number of rotatable bonds is 8. The molecule has 1 aliphatic carbocycles. The number of anilines is 1. The Morgan fingerprint density at radius 3 is 2.33 bits per heavy atom. The summed E-state index contributed by atoms with van der Waals surface area (Å²) in [5, 5.41) is 5.52. The van der Waals surface area contributed by atoms with Gasteiger partial charge in [0.15, 0.2) is 0 Å². The fraction of sp³-hybridized carbons (Fsp3) is 0.364. The largest absolute Gasteiger partial charge is 0.352 e. The Balaban J connectivity index is 1.72. The van der Waals surface area contributed by atoms with Gasteiger partial charge in [-0.1, -0.05) is 31.9 Å². The molecule has 2 aromatic rings. The van der Waals surface area contributed by atoms with Crippen LogP contribution in [0.3, 0.4) is 0 Å². The summed E-state index contributed by atoms with van der Waals surface area (Å²) in [5.41, 5.74) is 1.13. The molecule has 8 heteroatoms. The van der Waals surface area contributed by atoms with Crippen LogP contribution in [0.4, 0.5) is 5.69 Å². The Morgan fingerprint density at radius 1 is 0.967 bits per heavy atom. The van der Waals surface area contributed by atoms with Gasteiger partial charge in [0.1, 0.15) is 0 Å². The average Bonchev–Trinajstić information content (AvgIpc) is 3.24. The second-order valence-corrected chi connectivity index (χ2v) is 9.14. The zero-order chi connectivity index (χ0) is 21.6. The summed E-state index contributed by atoms with van der Waals surface area (Å²) >= 11 is 0. The van der Waals surface area contributed by atoms with Crippen LogP contribution in [0, 0.1) is 0 Å². The predicted octanol–water partition coefficient (Wildman–Crippen LogP) is 3.30. The Hall–Kier alpha value is -2.71. The van der Waals surface area contributed by atoms with Crippen molar-refractivity contribution < 1.29 is 18.0 Å². The molecule has 1 fully saturated rings. The van der Waals surface area contributed by atoms with Crippen LogP contribution in [-0.4, -0.2) is 32.8 Å². The number of hydrogen-bond donors (Lipinski definition) is 3. The van der Waals surface area contributed by atoms with Crippen LogP contribution in [0.15, 0.2) is 53.4 Å². The van der Waals surface area contributed by atoms with Crippen molar-refractivity contribution >= 4 is 27.5 Å². The van der Waals surface area contributed by atoms with Crippen molar-refractivity contribution in [1.82, 2.24) is 10.0 Å². The van der Waals surface area contributed by atoms with Gasteiger partial charge in [-0.3, -0.25) is 9.59 Å². The van der Waals surface area contributed by atoms with E-state index in [1.54, 1.807) is 36.4 Å². The van der Waals surface area contributed by atoms with E-state index in [1.165, 1.54) is 12.1 Å². The van der Waals surface area contributed by atoms with Gasteiger partial charge in [-0.05, 0) is 55.7 Å². The molecule has 0 aromatic heterocycles. The van der Waals surface area contributed by atoms with E-state index in [4.69, 9.17) is 0 Å². The number of sulfonamides is 1. The molecule has 3 rings (SSSR count). The molecule has 2 amide bonds. The van der Waals surface area contributed by atoms with Gasteiger partial charge in [-0.2, -0.15) is 0 Å². The first-order valence-corrected chi connectivity index (χ1v) is 11.7.